The van der Waals surface area contributed by atoms with Gasteiger partial charge in [0, 0.05) is 12.5 Å². The zero-order valence-corrected chi connectivity index (χ0v) is 13.4. The van der Waals surface area contributed by atoms with Crippen LogP contribution in [0.15, 0.2) is 4.34 Å². The van der Waals surface area contributed by atoms with Gasteiger partial charge in [-0.3, -0.25) is 9.59 Å². The largest absolute Gasteiger partial charge is 0.465 e. The number of carbonyl (C=O) groups excluding carboxylic acids is 2. The predicted molar refractivity (Wildman–Crippen MR) is 81.5 cm³/mol. The van der Waals surface area contributed by atoms with Crippen LogP contribution in [0.1, 0.15) is 26.2 Å². The molecule has 1 fully saturated rings. The maximum Gasteiger partial charge on any atom is 0.316 e. The number of thioether (sulfide) groups is 1. The van der Waals surface area contributed by atoms with E-state index in [0.29, 0.717) is 22.5 Å². The Morgan fingerprint density at radius 3 is 3.10 bits per heavy atom. The highest BCUT2D eigenvalue weighted by molar-refractivity contribution is 8.01. The van der Waals surface area contributed by atoms with Crippen LogP contribution >= 0.6 is 23.1 Å². The van der Waals surface area contributed by atoms with Crippen molar-refractivity contribution < 1.29 is 14.3 Å². The number of hydrogen-bond acceptors (Lipinski definition) is 8. The van der Waals surface area contributed by atoms with Gasteiger partial charge in [0.05, 0.1) is 12.4 Å². The summed E-state index contributed by atoms with van der Waals surface area (Å²) in [4.78, 5) is 23.1. The molecule has 116 valence electrons. The van der Waals surface area contributed by atoms with Crippen molar-refractivity contribution in [3.05, 3.63) is 0 Å². The van der Waals surface area contributed by atoms with E-state index in [1.807, 2.05) is 0 Å². The number of rotatable bonds is 7. The molecule has 1 aromatic rings. The van der Waals surface area contributed by atoms with Crippen molar-refractivity contribution in [3.8, 4) is 0 Å². The summed E-state index contributed by atoms with van der Waals surface area (Å²) in [6.45, 7) is 3.11. The Hall–Kier alpha value is -1.19. The van der Waals surface area contributed by atoms with E-state index in [1.165, 1.54) is 23.1 Å². The van der Waals surface area contributed by atoms with Crippen LogP contribution in [0.2, 0.25) is 0 Å². The molecule has 0 bridgehead atoms. The number of nitrogens with zero attached hydrogens (tertiary/aromatic N) is 2. The molecular formula is C12H18N4O3S2. The van der Waals surface area contributed by atoms with Gasteiger partial charge in [-0.15, -0.1) is 10.2 Å². The number of anilines is 1. The van der Waals surface area contributed by atoms with Gasteiger partial charge >= 0.3 is 5.97 Å². The molecular weight excluding hydrogens is 312 g/mol. The van der Waals surface area contributed by atoms with Crippen molar-refractivity contribution in [2.45, 2.75) is 36.6 Å². The lowest BCUT2D eigenvalue weighted by atomic mass is 10.1. The standard InChI is InChI=1S/C12H18N4O3S2/c1-2-19-10(18)7-20-12-16-15-11(21-12)14-9(17)6-8-4-3-5-13-8/h8,13H,2-7H2,1H3,(H,14,15,17). The lowest BCUT2D eigenvalue weighted by molar-refractivity contribution is -0.139. The molecule has 2 rings (SSSR count). The molecule has 21 heavy (non-hydrogen) atoms. The Balaban J connectivity index is 1.74. The van der Waals surface area contributed by atoms with E-state index in [4.69, 9.17) is 4.74 Å². The van der Waals surface area contributed by atoms with Crippen LogP contribution in [0.4, 0.5) is 5.13 Å². The minimum Gasteiger partial charge on any atom is -0.465 e. The highest BCUT2D eigenvalue weighted by atomic mass is 32.2. The van der Waals surface area contributed by atoms with Gasteiger partial charge in [-0.2, -0.15) is 0 Å². The fourth-order valence-corrected chi connectivity index (χ4v) is 3.53. The zero-order chi connectivity index (χ0) is 15.1. The Morgan fingerprint density at radius 1 is 1.52 bits per heavy atom. The van der Waals surface area contributed by atoms with Gasteiger partial charge < -0.3 is 15.4 Å². The smallest absolute Gasteiger partial charge is 0.316 e. The Morgan fingerprint density at radius 2 is 2.38 bits per heavy atom. The number of esters is 1. The lowest BCUT2D eigenvalue weighted by Gasteiger charge is -2.08. The van der Waals surface area contributed by atoms with Gasteiger partial charge in [-0.05, 0) is 26.3 Å². The number of amides is 1. The second-order valence-corrected chi connectivity index (χ2v) is 6.71. The highest BCUT2D eigenvalue weighted by Gasteiger charge is 2.18. The van der Waals surface area contributed by atoms with Crippen LogP contribution in [0, 0.1) is 0 Å². The zero-order valence-electron chi connectivity index (χ0n) is 11.8. The third-order valence-electron chi connectivity index (χ3n) is 2.87. The molecule has 2 heterocycles. The first-order valence-electron chi connectivity index (χ1n) is 6.82. The maximum atomic E-state index is 11.8. The summed E-state index contributed by atoms with van der Waals surface area (Å²) in [7, 11) is 0. The SMILES string of the molecule is CCOC(=O)CSc1nnc(NC(=O)CC2CCCN2)s1. The van der Waals surface area contributed by atoms with Crippen molar-refractivity contribution in [2.24, 2.45) is 0 Å². The van der Waals surface area contributed by atoms with Crippen molar-refractivity contribution in [2.75, 3.05) is 24.2 Å². The topological polar surface area (TPSA) is 93.2 Å². The molecule has 2 N–H and O–H groups in total. The van der Waals surface area contributed by atoms with Crippen LogP contribution in [0.25, 0.3) is 0 Å². The minimum atomic E-state index is -0.282. The molecule has 1 aliphatic heterocycles. The predicted octanol–water partition coefficient (Wildman–Crippen LogP) is 1.27. The molecule has 1 unspecified atom stereocenters. The van der Waals surface area contributed by atoms with E-state index >= 15 is 0 Å². The first-order valence-corrected chi connectivity index (χ1v) is 8.62. The van der Waals surface area contributed by atoms with E-state index in [-0.39, 0.29) is 23.7 Å². The molecule has 0 aliphatic carbocycles. The van der Waals surface area contributed by atoms with E-state index in [2.05, 4.69) is 20.8 Å². The number of nitrogens with one attached hydrogen (secondary N) is 2. The Labute approximate surface area is 131 Å². The summed E-state index contributed by atoms with van der Waals surface area (Å²) < 4.78 is 5.47. The van der Waals surface area contributed by atoms with Gasteiger partial charge in [0.15, 0.2) is 4.34 Å². The van der Waals surface area contributed by atoms with E-state index in [9.17, 15) is 9.59 Å². The van der Waals surface area contributed by atoms with Gasteiger partial charge in [0.2, 0.25) is 11.0 Å². The highest BCUT2D eigenvalue weighted by Crippen LogP contribution is 2.25. The molecule has 1 atom stereocenters. The molecule has 9 heteroatoms. The van der Waals surface area contributed by atoms with Crippen molar-refractivity contribution in [1.29, 1.82) is 0 Å². The van der Waals surface area contributed by atoms with Crippen molar-refractivity contribution in [1.82, 2.24) is 15.5 Å². The first kappa shape index (κ1) is 16.2. The van der Waals surface area contributed by atoms with Crippen LogP contribution in [-0.4, -0.2) is 47.0 Å². The molecule has 1 amide bonds. The Kier molecular flexibility index (Phi) is 6.40. The number of carbonyl (C=O) groups is 2. The van der Waals surface area contributed by atoms with E-state index < -0.39 is 0 Å². The molecule has 1 aliphatic rings. The van der Waals surface area contributed by atoms with Crippen LogP contribution < -0.4 is 10.6 Å². The van der Waals surface area contributed by atoms with Gasteiger partial charge in [-0.25, -0.2) is 0 Å². The van der Waals surface area contributed by atoms with E-state index in [1.54, 1.807) is 6.92 Å². The van der Waals surface area contributed by atoms with Gasteiger partial charge in [0.25, 0.3) is 0 Å². The summed E-state index contributed by atoms with van der Waals surface area (Å²) in [6.07, 6.45) is 2.60. The normalized spacial score (nSPS) is 17.7. The second-order valence-electron chi connectivity index (χ2n) is 4.51. The van der Waals surface area contributed by atoms with E-state index in [0.717, 1.165) is 19.4 Å². The fraction of sp³-hybridized carbons (Fsp3) is 0.667. The molecule has 1 aromatic heterocycles. The summed E-state index contributed by atoms with van der Waals surface area (Å²) >= 11 is 2.52. The second kappa shape index (κ2) is 8.30. The van der Waals surface area contributed by atoms with Crippen molar-refractivity contribution in [3.63, 3.8) is 0 Å². The lowest BCUT2D eigenvalue weighted by Crippen LogP contribution is -2.27. The average Bonchev–Trinajstić information content (AvgIpc) is 3.08. The van der Waals surface area contributed by atoms with Gasteiger partial charge in [0.1, 0.15) is 0 Å². The fourth-order valence-electron chi connectivity index (χ4n) is 1.97. The van der Waals surface area contributed by atoms with Crippen LogP contribution in [0.5, 0.6) is 0 Å². The summed E-state index contributed by atoms with van der Waals surface area (Å²) in [6, 6.07) is 0.260. The molecule has 0 radical (unpaired) electrons. The molecule has 0 saturated carbocycles. The summed E-state index contributed by atoms with van der Waals surface area (Å²) in [5, 5.41) is 14.3. The number of hydrogen-bond donors (Lipinski definition) is 2. The first-order chi connectivity index (χ1) is 10.2. The molecule has 0 aromatic carbocycles. The third kappa shape index (κ3) is 5.60. The quantitative estimate of drug-likeness (QED) is 0.442. The monoisotopic (exact) mass is 330 g/mol. The summed E-state index contributed by atoms with van der Waals surface area (Å²) in [5.74, 6) is -0.148. The average molecular weight is 330 g/mol. The maximum absolute atomic E-state index is 11.8. The number of ether oxygens (including phenoxy) is 1. The third-order valence-corrected chi connectivity index (χ3v) is 4.81. The Bertz CT molecular complexity index is 489. The van der Waals surface area contributed by atoms with Crippen LogP contribution in [-0.2, 0) is 14.3 Å². The number of aromatic nitrogens is 2. The molecule has 1 saturated heterocycles. The van der Waals surface area contributed by atoms with Crippen molar-refractivity contribution >= 4 is 40.1 Å². The minimum absolute atomic E-state index is 0.0625. The van der Waals surface area contributed by atoms with Gasteiger partial charge in [-0.1, -0.05) is 23.1 Å². The molecule has 0 spiro atoms. The summed E-state index contributed by atoms with van der Waals surface area (Å²) in [5.41, 5.74) is 0. The van der Waals surface area contributed by atoms with Crippen LogP contribution in [0.3, 0.4) is 0 Å². The molecule has 7 nitrogen and oxygen atoms in total.